The van der Waals surface area contributed by atoms with E-state index in [1.54, 1.807) is 24.3 Å². The molecule has 68 valence electrons. The number of ether oxygens (including phenoxy) is 1. The molecule has 0 saturated heterocycles. The van der Waals surface area contributed by atoms with Crippen molar-refractivity contribution in [1.29, 1.82) is 5.26 Å². The van der Waals surface area contributed by atoms with Gasteiger partial charge in [-0.15, -0.1) is 0 Å². The molecule has 2 nitrogen and oxygen atoms in total. The van der Waals surface area contributed by atoms with E-state index in [-0.39, 0.29) is 5.75 Å². The van der Waals surface area contributed by atoms with Crippen LogP contribution in [-0.4, -0.2) is 3.98 Å². The molecule has 0 aliphatic heterocycles. The van der Waals surface area contributed by atoms with Crippen LogP contribution in [0.1, 0.15) is 5.56 Å². The molecule has 1 aromatic rings. The van der Waals surface area contributed by atoms with Crippen molar-refractivity contribution in [1.82, 2.24) is 0 Å². The highest BCUT2D eigenvalue weighted by Crippen LogP contribution is 2.31. The minimum Gasteiger partial charge on any atom is -0.444 e. The van der Waals surface area contributed by atoms with E-state index >= 15 is 0 Å². The van der Waals surface area contributed by atoms with E-state index in [9.17, 15) is 0 Å². The summed E-state index contributed by atoms with van der Waals surface area (Å²) in [5.74, 6) is 0.255. The van der Waals surface area contributed by atoms with Crippen molar-refractivity contribution in [2.24, 2.45) is 0 Å². The van der Waals surface area contributed by atoms with Crippen molar-refractivity contribution in [3.05, 3.63) is 29.8 Å². The van der Waals surface area contributed by atoms with E-state index in [0.717, 1.165) is 0 Å². The average molecular weight is 236 g/mol. The molecule has 0 spiro atoms. The van der Waals surface area contributed by atoms with Gasteiger partial charge in [0.05, 0.1) is 5.56 Å². The molecule has 0 unspecified atom stereocenters. The third-order valence-corrected chi connectivity index (χ3v) is 1.46. The van der Waals surface area contributed by atoms with Gasteiger partial charge in [-0.25, -0.2) is 0 Å². The highest BCUT2D eigenvalue weighted by Gasteiger charge is 2.22. The predicted octanol–water partition coefficient (Wildman–Crippen LogP) is 3.26. The molecular weight excluding hydrogens is 232 g/mol. The maximum Gasteiger partial charge on any atom is 0.338 e. The molecule has 0 aliphatic carbocycles. The molecule has 1 aromatic carbocycles. The summed E-state index contributed by atoms with van der Waals surface area (Å²) in [6, 6.07) is 8.43. The standard InChI is InChI=1S/C8H4Cl3NO/c9-8(10,11)13-7-4-2-1-3-6(7)5-12/h1-4H. The minimum absolute atomic E-state index is 0.255. The number of hydrogen-bond acceptors (Lipinski definition) is 2. The Kier molecular flexibility index (Phi) is 3.27. The van der Waals surface area contributed by atoms with E-state index in [2.05, 4.69) is 0 Å². The molecular formula is C8H4Cl3NO. The Balaban J connectivity index is 2.96. The van der Waals surface area contributed by atoms with E-state index in [1.165, 1.54) is 0 Å². The lowest BCUT2D eigenvalue weighted by Gasteiger charge is -2.14. The van der Waals surface area contributed by atoms with Gasteiger partial charge in [-0.05, 0) is 46.9 Å². The van der Waals surface area contributed by atoms with E-state index in [1.807, 2.05) is 6.07 Å². The Bertz CT molecular complexity index is 340. The fourth-order valence-electron chi connectivity index (χ4n) is 0.773. The smallest absolute Gasteiger partial charge is 0.338 e. The number of para-hydroxylation sites is 1. The molecule has 13 heavy (non-hydrogen) atoms. The van der Waals surface area contributed by atoms with Gasteiger partial charge in [0.2, 0.25) is 0 Å². The Morgan fingerprint density at radius 2 is 1.85 bits per heavy atom. The fraction of sp³-hybridized carbons (Fsp3) is 0.125. The zero-order valence-corrected chi connectivity index (χ0v) is 8.57. The Morgan fingerprint density at radius 3 is 2.38 bits per heavy atom. The summed E-state index contributed by atoms with van der Waals surface area (Å²) in [6.07, 6.45) is 0. The second-order valence-electron chi connectivity index (χ2n) is 2.16. The van der Waals surface area contributed by atoms with Crippen molar-refractivity contribution >= 4 is 34.8 Å². The Morgan fingerprint density at radius 1 is 1.23 bits per heavy atom. The first-order valence-electron chi connectivity index (χ1n) is 3.28. The molecule has 0 heterocycles. The molecule has 0 amide bonds. The van der Waals surface area contributed by atoms with Crippen molar-refractivity contribution < 1.29 is 4.74 Å². The molecule has 0 aromatic heterocycles. The van der Waals surface area contributed by atoms with Crippen molar-refractivity contribution in [2.75, 3.05) is 0 Å². The third-order valence-electron chi connectivity index (χ3n) is 1.23. The molecule has 5 heteroatoms. The minimum atomic E-state index is -1.84. The van der Waals surface area contributed by atoms with Gasteiger partial charge in [0.1, 0.15) is 11.8 Å². The maximum atomic E-state index is 8.66. The van der Waals surface area contributed by atoms with Gasteiger partial charge in [0, 0.05) is 0 Å². The van der Waals surface area contributed by atoms with Gasteiger partial charge >= 0.3 is 3.98 Å². The summed E-state index contributed by atoms with van der Waals surface area (Å²) < 4.78 is 3.06. The second kappa shape index (κ2) is 4.06. The average Bonchev–Trinajstić information content (AvgIpc) is 2.02. The van der Waals surface area contributed by atoms with Crippen LogP contribution in [-0.2, 0) is 0 Å². The molecule has 0 fully saturated rings. The zero-order chi connectivity index (χ0) is 9.90. The monoisotopic (exact) mass is 235 g/mol. The molecule has 0 N–H and O–H groups in total. The maximum absolute atomic E-state index is 8.66. The van der Waals surface area contributed by atoms with Crippen molar-refractivity contribution in [3.8, 4) is 11.8 Å². The molecule has 1 rings (SSSR count). The van der Waals surface area contributed by atoms with Gasteiger partial charge in [0.15, 0.2) is 0 Å². The molecule has 0 bridgehead atoms. The van der Waals surface area contributed by atoms with Gasteiger partial charge in [0.25, 0.3) is 0 Å². The van der Waals surface area contributed by atoms with Crippen molar-refractivity contribution in [2.45, 2.75) is 3.98 Å². The van der Waals surface area contributed by atoms with Crippen LogP contribution in [0.4, 0.5) is 0 Å². The van der Waals surface area contributed by atoms with Crippen molar-refractivity contribution in [3.63, 3.8) is 0 Å². The van der Waals surface area contributed by atoms with E-state index in [4.69, 9.17) is 44.8 Å². The van der Waals surface area contributed by atoms with Crippen LogP contribution in [0, 0.1) is 11.3 Å². The quantitative estimate of drug-likeness (QED) is 0.701. The summed E-state index contributed by atoms with van der Waals surface area (Å²) in [7, 11) is 0. The number of halogens is 3. The van der Waals surface area contributed by atoms with E-state index < -0.39 is 3.98 Å². The highest BCUT2D eigenvalue weighted by molar-refractivity contribution is 6.66. The van der Waals surface area contributed by atoms with E-state index in [0.29, 0.717) is 5.56 Å². The number of alkyl halides is 3. The number of nitrogens with zero attached hydrogens (tertiary/aromatic N) is 1. The SMILES string of the molecule is N#Cc1ccccc1OC(Cl)(Cl)Cl. The highest BCUT2D eigenvalue weighted by atomic mass is 35.6. The molecule has 0 aliphatic rings. The summed E-state index contributed by atoms with van der Waals surface area (Å²) in [5, 5.41) is 8.66. The van der Waals surface area contributed by atoms with Crippen LogP contribution in [0.2, 0.25) is 0 Å². The lowest BCUT2D eigenvalue weighted by molar-refractivity contribution is 0.319. The fourth-order valence-corrected chi connectivity index (χ4v) is 1.02. The van der Waals surface area contributed by atoms with Crippen LogP contribution >= 0.6 is 34.8 Å². The number of nitriles is 1. The van der Waals surface area contributed by atoms with Crippen LogP contribution in [0.25, 0.3) is 0 Å². The Hall–Kier alpha value is -0.620. The van der Waals surface area contributed by atoms with Crippen LogP contribution in [0.5, 0.6) is 5.75 Å². The number of rotatable bonds is 1. The van der Waals surface area contributed by atoms with Crippen LogP contribution in [0.15, 0.2) is 24.3 Å². The van der Waals surface area contributed by atoms with Gasteiger partial charge in [-0.2, -0.15) is 5.26 Å². The predicted molar refractivity (Wildman–Crippen MR) is 52.1 cm³/mol. The van der Waals surface area contributed by atoms with Gasteiger partial charge in [-0.1, -0.05) is 12.1 Å². The van der Waals surface area contributed by atoms with Gasteiger partial charge in [-0.3, -0.25) is 0 Å². The third kappa shape index (κ3) is 3.31. The normalized spacial score (nSPS) is 10.6. The zero-order valence-electron chi connectivity index (χ0n) is 6.30. The molecule has 0 atom stereocenters. The number of hydrogen-bond donors (Lipinski definition) is 0. The largest absolute Gasteiger partial charge is 0.444 e. The van der Waals surface area contributed by atoms with Crippen LogP contribution < -0.4 is 4.74 Å². The topological polar surface area (TPSA) is 33.0 Å². The summed E-state index contributed by atoms with van der Waals surface area (Å²) in [6.45, 7) is 0. The first kappa shape index (κ1) is 10.5. The van der Waals surface area contributed by atoms with Crippen LogP contribution in [0.3, 0.4) is 0 Å². The second-order valence-corrected chi connectivity index (χ2v) is 4.33. The van der Waals surface area contributed by atoms with Gasteiger partial charge < -0.3 is 4.74 Å². The lowest BCUT2D eigenvalue weighted by atomic mass is 10.2. The molecule has 0 radical (unpaired) electrons. The Labute approximate surface area is 90.6 Å². The first-order chi connectivity index (χ1) is 6.03. The summed E-state index contributed by atoms with van der Waals surface area (Å²) in [5.41, 5.74) is 0.328. The summed E-state index contributed by atoms with van der Waals surface area (Å²) in [4.78, 5) is 0. The lowest BCUT2D eigenvalue weighted by Crippen LogP contribution is -2.13. The first-order valence-corrected chi connectivity index (χ1v) is 4.41. The molecule has 0 saturated carbocycles. The number of benzene rings is 1. The summed E-state index contributed by atoms with van der Waals surface area (Å²) >= 11 is 16.2.